The molecular formula is C10H22N2O2. The fourth-order valence-electron chi connectivity index (χ4n) is 1.59. The van der Waals surface area contributed by atoms with Crippen molar-refractivity contribution in [1.82, 2.24) is 10.2 Å². The number of hydrogen-bond donors (Lipinski definition) is 2. The fourth-order valence-corrected chi connectivity index (χ4v) is 1.59. The Bertz CT molecular complexity index is 127. The van der Waals surface area contributed by atoms with Crippen molar-refractivity contribution in [2.24, 2.45) is 0 Å². The number of rotatable bonds is 7. The SMILES string of the molecule is OCCCOCCCN1CCNCC1. The van der Waals surface area contributed by atoms with Crippen LogP contribution >= 0.6 is 0 Å². The Hall–Kier alpha value is -0.160. The average molecular weight is 202 g/mol. The van der Waals surface area contributed by atoms with E-state index in [-0.39, 0.29) is 6.61 Å². The van der Waals surface area contributed by atoms with Crippen LogP contribution in [0.2, 0.25) is 0 Å². The smallest absolute Gasteiger partial charge is 0.0487 e. The second kappa shape index (κ2) is 8.17. The lowest BCUT2D eigenvalue weighted by atomic mass is 10.3. The first-order chi connectivity index (χ1) is 6.93. The molecular weight excluding hydrogens is 180 g/mol. The van der Waals surface area contributed by atoms with Crippen LogP contribution in [0.25, 0.3) is 0 Å². The number of hydrogen-bond acceptors (Lipinski definition) is 4. The molecule has 0 bridgehead atoms. The molecule has 0 aromatic rings. The van der Waals surface area contributed by atoms with Crippen molar-refractivity contribution >= 4 is 0 Å². The first kappa shape index (κ1) is 11.9. The summed E-state index contributed by atoms with van der Waals surface area (Å²) in [7, 11) is 0. The molecule has 0 radical (unpaired) electrons. The molecule has 0 atom stereocenters. The minimum absolute atomic E-state index is 0.234. The van der Waals surface area contributed by atoms with Gasteiger partial charge in [-0.3, -0.25) is 0 Å². The van der Waals surface area contributed by atoms with Gasteiger partial charge in [-0.2, -0.15) is 0 Å². The number of aliphatic hydroxyl groups excluding tert-OH is 1. The third kappa shape index (κ3) is 5.54. The number of nitrogens with zero attached hydrogens (tertiary/aromatic N) is 1. The molecule has 0 amide bonds. The van der Waals surface area contributed by atoms with Crippen LogP contribution in [0, 0.1) is 0 Å². The van der Waals surface area contributed by atoms with Crippen LogP contribution in [0.4, 0.5) is 0 Å². The molecule has 1 aliphatic heterocycles. The average Bonchev–Trinajstić information content (AvgIpc) is 2.25. The Morgan fingerprint density at radius 3 is 2.57 bits per heavy atom. The van der Waals surface area contributed by atoms with Gasteiger partial charge >= 0.3 is 0 Å². The lowest BCUT2D eigenvalue weighted by Crippen LogP contribution is -2.43. The molecule has 0 aromatic heterocycles. The van der Waals surface area contributed by atoms with Crippen molar-refractivity contribution < 1.29 is 9.84 Å². The maximum atomic E-state index is 8.53. The summed E-state index contributed by atoms with van der Waals surface area (Å²) in [6.07, 6.45) is 1.86. The minimum atomic E-state index is 0.234. The summed E-state index contributed by atoms with van der Waals surface area (Å²) < 4.78 is 5.36. The van der Waals surface area contributed by atoms with E-state index in [1.54, 1.807) is 0 Å². The highest BCUT2D eigenvalue weighted by Gasteiger charge is 2.07. The van der Waals surface area contributed by atoms with Crippen molar-refractivity contribution in [1.29, 1.82) is 0 Å². The molecule has 1 rings (SSSR count). The second-order valence-corrected chi connectivity index (χ2v) is 3.63. The summed E-state index contributed by atoms with van der Waals surface area (Å²) in [6, 6.07) is 0. The number of ether oxygens (including phenoxy) is 1. The lowest BCUT2D eigenvalue weighted by molar-refractivity contribution is 0.104. The molecule has 1 saturated heterocycles. The third-order valence-corrected chi connectivity index (χ3v) is 2.42. The van der Waals surface area contributed by atoms with E-state index >= 15 is 0 Å². The predicted octanol–water partition coefficient (Wildman–Crippen LogP) is -0.319. The Morgan fingerprint density at radius 2 is 1.86 bits per heavy atom. The van der Waals surface area contributed by atoms with Gasteiger partial charge in [-0.1, -0.05) is 0 Å². The number of nitrogens with one attached hydrogen (secondary N) is 1. The van der Waals surface area contributed by atoms with Crippen LogP contribution < -0.4 is 5.32 Å². The van der Waals surface area contributed by atoms with Gasteiger partial charge in [0.15, 0.2) is 0 Å². The second-order valence-electron chi connectivity index (χ2n) is 3.63. The molecule has 14 heavy (non-hydrogen) atoms. The summed E-state index contributed by atoms with van der Waals surface area (Å²) in [5.74, 6) is 0. The monoisotopic (exact) mass is 202 g/mol. The molecule has 0 unspecified atom stereocenters. The van der Waals surface area contributed by atoms with Gasteiger partial charge in [0, 0.05) is 52.5 Å². The lowest BCUT2D eigenvalue weighted by Gasteiger charge is -2.26. The van der Waals surface area contributed by atoms with Gasteiger partial charge in [0.25, 0.3) is 0 Å². The molecule has 84 valence electrons. The molecule has 0 aliphatic carbocycles. The molecule has 0 aromatic carbocycles. The van der Waals surface area contributed by atoms with E-state index in [0.29, 0.717) is 6.61 Å². The van der Waals surface area contributed by atoms with Gasteiger partial charge in [0.1, 0.15) is 0 Å². The van der Waals surface area contributed by atoms with E-state index in [1.807, 2.05) is 0 Å². The van der Waals surface area contributed by atoms with Crippen LogP contribution in [-0.4, -0.2) is 62.6 Å². The highest BCUT2D eigenvalue weighted by atomic mass is 16.5. The maximum Gasteiger partial charge on any atom is 0.0487 e. The molecule has 2 N–H and O–H groups in total. The zero-order valence-corrected chi connectivity index (χ0v) is 8.87. The van der Waals surface area contributed by atoms with Crippen LogP contribution in [-0.2, 0) is 4.74 Å². The Labute approximate surface area is 86.2 Å². The zero-order valence-electron chi connectivity index (χ0n) is 8.87. The van der Waals surface area contributed by atoms with Gasteiger partial charge in [-0.05, 0) is 12.8 Å². The van der Waals surface area contributed by atoms with Gasteiger partial charge < -0.3 is 20.1 Å². The molecule has 4 nitrogen and oxygen atoms in total. The quantitative estimate of drug-likeness (QED) is 0.555. The number of piperazine rings is 1. The highest BCUT2D eigenvalue weighted by Crippen LogP contribution is 1.95. The van der Waals surface area contributed by atoms with Crippen LogP contribution in [0.1, 0.15) is 12.8 Å². The Balaban J connectivity index is 1.82. The van der Waals surface area contributed by atoms with Crippen molar-refractivity contribution in [3.8, 4) is 0 Å². The summed E-state index contributed by atoms with van der Waals surface area (Å²) >= 11 is 0. The van der Waals surface area contributed by atoms with E-state index in [9.17, 15) is 0 Å². The number of aliphatic hydroxyl groups is 1. The van der Waals surface area contributed by atoms with Crippen molar-refractivity contribution in [2.45, 2.75) is 12.8 Å². The molecule has 0 spiro atoms. The fraction of sp³-hybridized carbons (Fsp3) is 1.00. The summed E-state index contributed by atoms with van der Waals surface area (Å²) in [5, 5.41) is 11.9. The van der Waals surface area contributed by atoms with Crippen LogP contribution in [0.5, 0.6) is 0 Å². The molecule has 1 aliphatic rings. The predicted molar refractivity (Wildman–Crippen MR) is 56.4 cm³/mol. The van der Waals surface area contributed by atoms with Gasteiger partial charge in [0.05, 0.1) is 0 Å². The van der Waals surface area contributed by atoms with Crippen molar-refractivity contribution in [2.75, 3.05) is 52.5 Å². The Kier molecular flexibility index (Phi) is 6.95. The normalized spacial score (nSPS) is 18.6. The van der Waals surface area contributed by atoms with Crippen LogP contribution in [0.15, 0.2) is 0 Å². The highest BCUT2D eigenvalue weighted by molar-refractivity contribution is 4.66. The molecule has 0 saturated carbocycles. The minimum Gasteiger partial charge on any atom is -0.396 e. The maximum absolute atomic E-state index is 8.53. The van der Waals surface area contributed by atoms with E-state index < -0.39 is 0 Å². The Morgan fingerprint density at radius 1 is 1.14 bits per heavy atom. The largest absolute Gasteiger partial charge is 0.396 e. The van der Waals surface area contributed by atoms with E-state index in [2.05, 4.69) is 10.2 Å². The third-order valence-electron chi connectivity index (χ3n) is 2.42. The van der Waals surface area contributed by atoms with Gasteiger partial charge in [0.2, 0.25) is 0 Å². The van der Waals surface area contributed by atoms with Crippen molar-refractivity contribution in [3.05, 3.63) is 0 Å². The first-order valence-corrected chi connectivity index (χ1v) is 5.55. The van der Waals surface area contributed by atoms with Crippen molar-refractivity contribution in [3.63, 3.8) is 0 Å². The van der Waals surface area contributed by atoms with Gasteiger partial charge in [-0.25, -0.2) is 0 Å². The molecule has 1 fully saturated rings. The van der Waals surface area contributed by atoms with E-state index in [4.69, 9.17) is 9.84 Å². The molecule has 1 heterocycles. The van der Waals surface area contributed by atoms with E-state index in [0.717, 1.165) is 52.2 Å². The molecule has 4 heteroatoms. The first-order valence-electron chi connectivity index (χ1n) is 5.55. The summed E-state index contributed by atoms with van der Waals surface area (Å²) in [4.78, 5) is 2.46. The van der Waals surface area contributed by atoms with Crippen LogP contribution in [0.3, 0.4) is 0 Å². The topological polar surface area (TPSA) is 44.7 Å². The van der Waals surface area contributed by atoms with E-state index in [1.165, 1.54) is 0 Å². The zero-order chi connectivity index (χ0) is 10.1. The summed E-state index contributed by atoms with van der Waals surface area (Å²) in [6.45, 7) is 7.45. The van der Waals surface area contributed by atoms with Gasteiger partial charge in [-0.15, -0.1) is 0 Å². The summed E-state index contributed by atoms with van der Waals surface area (Å²) in [5.41, 5.74) is 0. The standard InChI is InChI=1S/C10H22N2O2/c13-8-2-10-14-9-1-5-12-6-3-11-4-7-12/h11,13H,1-10H2.